The van der Waals surface area contributed by atoms with Gasteiger partial charge in [-0.2, -0.15) is 0 Å². The van der Waals surface area contributed by atoms with Gasteiger partial charge in [-0.3, -0.25) is 4.79 Å². The van der Waals surface area contributed by atoms with Crippen LogP contribution in [0.1, 0.15) is 25.5 Å². The van der Waals surface area contributed by atoms with Gasteiger partial charge in [-0.25, -0.2) is 4.79 Å². The number of carbonyl (C=O) groups is 2. The maximum Gasteiger partial charge on any atom is 0.317 e. The molecule has 0 unspecified atom stereocenters. The number of carbonyl (C=O) groups excluding carboxylic acids is 2. The van der Waals surface area contributed by atoms with E-state index in [0.29, 0.717) is 0 Å². The Bertz CT molecular complexity index is 413. The monoisotopic (exact) mass is 248 g/mol. The Labute approximate surface area is 108 Å². The third-order valence-corrected chi connectivity index (χ3v) is 2.66. The van der Waals surface area contributed by atoms with Crippen LogP contribution in [-0.2, 0) is 4.79 Å². The van der Waals surface area contributed by atoms with Crippen molar-refractivity contribution in [3.63, 3.8) is 0 Å². The highest BCUT2D eigenvalue weighted by atomic mass is 16.2. The van der Waals surface area contributed by atoms with Crippen molar-refractivity contribution >= 4 is 11.8 Å². The van der Waals surface area contributed by atoms with Crippen LogP contribution < -0.4 is 5.32 Å². The lowest BCUT2D eigenvalue weighted by Crippen LogP contribution is -2.41. The van der Waals surface area contributed by atoms with E-state index < -0.39 is 6.04 Å². The van der Waals surface area contributed by atoms with E-state index in [1.54, 1.807) is 14.1 Å². The van der Waals surface area contributed by atoms with Crippen molar-refractivity contribution in [2.75, 3.05) is 14.1 Å². The number of Topliss-reactive ketones (excluding diaryl/α,β-unsaturated/α-hetero) is 1. The second-order valence-electron chi connectivity index (χ2n) is 4.74. The van der Waals surface area contributed by atoms with Crippen LogP contribution in [-0.4, -0.2) is 30.8 Å². The van der Waals surface area contributed by atoms with E-state index in [1.807, 2.05) is 44.2 Å². The summed E-state index contributed by atoms with van der Waals surface area (Å²) in [5.41, 5.74) is 0.811. The van der Waals surface area contributed by atoms with Gasteiger partial charge in [0.2, 0.25) is 0 Å². The zero-order valence-electron chi connectivity index (χ0n) is 11.3. The molecule has 98 valence electrons. The summed E-state index contributed by atoms with van der Waals surface area (Å²) < 4.78 is 0. The molecule has 0 aliphatic carbocycles. The normalized spacial score (nSPS) is 12.1. The average molecular weight is 248 g/mol. The molecule has 0 radical (unpaired) electrons. The summed E-state index contributed by atoms with van der Waals surface area (Å²) in [7, 11) is 3.30. The zero-order valence-corrected chi connectivity index (χ0v) is 11.3. The fourth-order valence-electron chi connectivity index (χ4n) is 1.55. The highest BCUT2D eigenvalue weighted by molar-refractivity contribution is 5.90. The molecule has 1 aromatic rings. The summed E-state index contributed by atoms with van der Waals surface area (Å²) in [6.07, 6.45) is 0. The van der Waals surface area contributed by atoms with Crippen LogP contribution >= 0.6 is 0 Å². The van der Waals surface area contributed by atoms with Crippen molar-refractivity contribution < 1.29 is 9.59 Å². The first-order valence-electron chi connectivity index (χ1n) is 6.00. The van der Waals surface area contributed by atoms with E-state index in [2.05, 4.69) is 5.32 Å². The summed E-state index contributed by atoms with van der Waals surface area (Å²) in [6, 6.07) is 8.45. The minimum Gasteiger partial charge on any atom is -0.331 e. The molecule has 4 heteroatoms. The highest BCUT2D eigenvalue weighted by Gasteiger charge is 2.25. The summed E-state index contributed by atoms with van der Waals surface area (Å²) in [5.74, 6) is -0.117. The van der Waals surface area contributed by atoms with Gasteiger partial charge in [0.05, 0.1) is 0 Å². The Morgan fingerprint density at radius 3 is 2.11 bits per heavy atom. The largest absolute Gasteiger partial charge is 0.331 e. The fraction of sp³-hybridized carbons (Fsp3) is 0.429. The topological polar surface area (TPSA) is 49.4 Å². The molecular formula is C14H20N2O2. The number of benzene rings is 1. The number of rotatable bonds is 4. The van der Waals surface area contributed by atoms with Crippen molar-refractivity contribution in [3.05, 3.63) is 35.9 Å². The molecule has 0 bridgehead atoms. The van der Waals surface area contributed by atoms with E-state index in [4.69, 9.17) is 0 Å². The molecule has 0 aromatic heterocycles. The summed E-state index contributed by atoms with van der Waals surface area (Å²) >= 11 is 0. The number of hydrogen-bond donors (Lipinski definition) is 1. The SMILES string of the molecule is CC(C)C(=O)[C@H](NC(=O)N(C)C)c1ccccc1. The molecule has 2 amide bonds. The van der Waals surface area contributed by atoms with E-state index in [9.17, 15) is 9.59 Å². The van der Waals surface area contributed by atoms with Gasteiger partial charge >= 0.3 is 6.03 Å². The minimum atomic E-state index is -0.582. The number of urea groups is 1. The van der Waals surface area contributed by atoms with Crippen LogP contribution in [0.25, 0.3) is 0 Å². The van der Waals surface area contributed by atoms with Crippen molar-refractivity contribution in [2.24, 2.45) is 5.92 Å². The molecule has 0 heterocycles. The van der Waals surface area contributed by atoms with Crippen molar-refractivity contribution in [2.45, 2.75) is 19.9 Å². The van der Waals surface area contributed by atoms with Gasteiger partial charge in [0, 0.05) is 20.0 Å². The summed E-state index contributed by atoms with van der Waals surface area (Å²) in [6.45, 7) is 3.67. The second-order valence-corrected chi connectivity index (χ2v) is 4.74. The molecule has 0 fully saturated rings. The quantitative estimate of drug-likeness (QED) is 0.888. The molecule has 0 aliphatic rings. The number of hydrogen-bond acceptors (Lipinski definition) is 2. The lowest BCUT2D eigenvalue weighted by Gasteiger charge is -2.22. The van der Waals surface area contributed by atoms with Gasteiger partial charge in [0.1, 0.15) is 6.04 Å². The number of amides is 2. The van der Waals surface area contributed by atoms with Crippen LogP contribution in [0.5, 0.6) is 0 Å². The van der Waals surface area contributed by atoms with Crippen LogP contribution in [0, 0.1) is 5.92 Å². The van der Waals surface area contributed by atoms with Crippen LogP contribution in [0.3, 0.4) is 0 Å². The molecule has 1 N–H and O–H groups in total. The summed E-state index contributed by atoms with van der Waals surface area (Å²) in [5, 5.41) is 2.75. The lowest BCUT2D eigenvalue weighted by atomic mass is 9.95. The van der Waals surface area contributed by atoms with Gasteiger partial charge in [0.15, 0.2) is 5.78 Å². The van der Waals surface area contributed by atoms with E-state index in [-0.39, 0.29) is 17.7 Å². The second kappa shape index (κ2) is 6.19. The first-order valence-corrected chi connectivity index (χ1v) is 6.00. The van der Waals surface area contributed by atoms with Crippen molar-refractivity contribution in [1.29, 1.82) is 0 Å². The fourth-order valence-corrected chi connectivity index (χ4v) is 1.55. The zero-order chi connectivity index (χ0) is 13.7. The predicted octanol–water partition coefficient (Wildman–Crippen LogP) is 2.22. The molecule has 0 aliphatic heterocycles. The Morgan fingerprint density at radius 2 is 1.67 bits per heavy atom. The molecule has 1 atom stereocenters. The number of nitrogens with zero attached hydrogens (tertiary/aromatic N) is 1. The third-order valence-electron chi connectivity index (χ3n) is 2.66. The van der Waals surface area contributed by atoms with E-state index >= 15 is 0 Å². The Morgan fingerprint density at radius 1 is 1.11 bits per heavy atom. The van der Waals surface area contributed by atoms with Crippen molar-refractivity contribution in [1.82, 2.24) is 10.2 Å². The Hall–Kier alpha value is -1.84. The highest BCUT2D eigenvalue weighted by Crippen LogP contribution is 2.17. The van der Waals surface area contributed by atoms with Gasteiger partial charge in [-0.15, -0.1) is 0 Å². The third kappa shape index (κ3) is 3.58. The average Bonchev–Trinajstić information content (AvgIpc) is 2.35. The van der Waals surface area contributed by atoms with Gasteiger partial charge in [0.25, 0.3) is 0 Å². The number of nitrogens with one attached hydrogen (secondary N) is 1. The smallest absolute Gasteiger partial charge is 0.317 e. The van der Waals surface area contributed by atoms with Gasteiger partial charge in [-0.1, -0.05) is 44.2 Å². The molecular weight excluding hydrogens is 228 g/mol. The molecule has 4 nitrogen and oxygen atoms in total. The van der Waals surface area contributed by atoms with Crippen LogP contribution in [0.15, 0.2) is 30.3 Å². The minimum absolute atomic E-state index is 0.0106. The van der Waals surface area contributed by atoms with E-state index in [1.165, 1.54) is 4.90 Å². The van der Waals surface area contributed by atoms with Crippen molar-refractivity contribution in [3.8, 4) is 0 Å². The first-order chi connectivity index (χ1) is 8.43. The molecule has 1 aromatic carbocycles. The first kappa shape index (κ1) is 14.2. The molecule has 1 rings (SSSR count). The molecule has 0 saturated carbocycles. The molecule has 18 heavy (non-hydrogen) atoms. The maximum atomic E-state index is 12.2. The molecule has 0 spiro atoms. The Balaban J connectivity index is 2.96. The van der Waals surface area contributed by atoms with Crippen LogP contribution in [0.4, 0.5) is 4.79 Å². The van der Waals surface area contributed by atoms with E-state index in [0.717, 1.165) is 5.56 Å². The standard InChI is InChI=1S/C14H20N2O2/c1-10(2)13(17)12(15-14(18)16(3)4)11-8-6-5-7-9-11/h5-10,12H,1-4H3,(H,15,18)/t12-/m1/s1. The van der Waals surface area contributed by atoms with Gasteiger partial charge in [-0.05, 0) is 5.56 Å². The lowest BCUT2D eigenvalue weighted by molar-refractivity contribution is -0.123. The number of ketones is 1. The molecule has 0 saturated heterocycles. The Kier molecular flexibility index (Phi) is 4.89. The maximum absolute atomic E-state index is 12.2. The van der Waals surface area contributed by atoms with Gasteiger partial charge < -0.3 is 10.2 Å². The van der Waals surface area contributed by atoms with Crippen LogP contribution in [0.2, 0.25) is 0 Å². The summed E-state index contributed by atoms with van der Waals surface area (Å²) in [4.78, 5) is 25.3. The predicted molar refractivity (Wildman–Crippen MR) is 71.2 cm³/mol.